The molecule has 0 radical (unpaired) electrons. The minimum absolute atomic E-state index is 0.00854. The van der Waals surface area contributed by atoms with Gasteiger partial charge in [0.15, 0.2) is 10.1 Å². The van der Waals surface area contributed by atoms with Crippen LogP contribution >= 0.6 is 23.1 Å². The van der Waals surface area contributed by atoms with Crippen molar-refractivity contribution in [1.82, 2.24) is 4.98 Å². The molecule has 0 fully saturated rings. The second-order valence-electron chi connectivity index (χ2n) is 6.77. The number of aryl methyl sites for hydroxylation is 1. The van der Waals surface area contributed by atoms with Crippen LogP contribution in [0.1, 0.15) is 22.3 Å². The first-order chi connectivity index (χ1) is 14.7. The number of thiazole rings is 1. The first-order valence-corrected chi connectivity index (χ1v) is 11.4. The average molecular weight is 433 g/mol. The molecule has 150 valence electrons. The van der Waals surface area contributed by atoms with E-state index in [2.05, 4.69) is 10.3 Å². The number of nitrogens with one attached hydrogen (secondary N) is 1. The van der Waals surface area contributed by atoms with E-state index in [0.717, 1.165) is 25.8 Å². The van der Waals surface area contributed by atoms with E-state index in [1.54, 1.807) is 0 Å². The third kappa shape index (κ3) is 5.34. The SMILES string of the molecule is O=C(CCc1ccccc1)Nc1ccc2nc(SCC(=O)c3ccccc3)sc2c1. The largest absolute Gasteiger partial charge is 0.326 e. The Hall–Kier alpha value is -2.96. The molecule has 0 aliphatic carbocycles. The van der Waals surface area contributed by atoms with Gasteiger partial charge in [-0.25, -0.2) is 4.98 Å². The molecule has 4 rings (SSSR count). The zero-order valence-electron chi connectivity index (χ0n) is 16.2. The Morgan fingerprint density at radius 3 is 2.43 bits per heavy atom. The van der Waals surface area contributed by atoms with Crippen molar-refractivity contribution in [1.29, 1.82) is 0 Å². The van der Waals surface area contributed by atoms with Gasteiger partial charge in [-0.2, -0.15) is 0 Å². The smallest absolute Gasteiger partial charge is 0.224 e. The van der Waals surface area contributed by atoms with Crippen LogP contribution in [0.4, 0.5) is 5.69 Å². The van der Waals surface area contributed by atoms with Crippen LogP contribution in [-0.4, -0.2) is 22.4 Å². The molecule has 1 amide bonds. The number of rotatable bonds is 8. The number of hydrogen-bond acceptors (Lipinski definition) is 5. The van der Waals surface area contributed by atoms with Crippen LogP contribution in [0.3, 0.4) is 0 Å². The van der Waals surface area contributed by atoms with E-state index in [1.807, 2.05) is 78.9 Å². The van der Waals surface area contributed by atoms with Crippen molar-refractivity contribution < 1.29 is 9.59 Å². The molecule has 6 heteroatoms. The summed E-state index contributed by atoms with van der Waals surface area (Å²) in [5.41, 5.74) is 3.50. The fourth-order valence-electron chi connectivity index (χ4n) is 3.00. The molecule has 0 bridgehead atoms. The van der Waals surface area contributed by atoms with E-state index in [0.29, 0.717) is 24.2 Å². The zero-order valence-corrected chi connectivity index (χ0v) is 17.8. The summed E-state index contributed by atoms with van der Waals surface area (Å²) < 4.78 is 1.84. The molecule has 3 aromatic carbocycles. The summed E-state index contributed by atoms with van der Waals surface area (Å²) in [5.74, 6) is 0.435. The van der Waals surface area contributed by atoms with Gasteiger partial charge in [0, 0.05) is 17.7 Å². The number of ketones is 1. The highest BCUT2D eigenvalue weighted by atomic mass is 32.2. The van der Waals surface area contributed by atoms with Gasteiger partial charge in [-0.05, 0) is 30.2 Å². The minimum Gasteiger partial charge on any atom is -0.326 e. The average Bonchev–Trinajstić information content (AvgIpc) is 3.19. The predicted molar refractivity (Wildman–Crippen MR) is 125 cm³/mol. The lowest BCUT2D eigenvalue weighted by Gasteiger charge is -2.05. The fraction of sp³-hybridized carbons (Fsp3) is 0.125. The molecule has 1 N–H and O–H groups in total. The highest BCUT2D eigenvalue weighted by Gasteiger charge is 2.11. The molecule has 0 atom stereocenters. The van der Waals surface area contributed by atoms with Gasteiger partial charge in [0.2, 0.25) is 5.91 Å². The summed E-state index contributed by atoms with van der Waals surface area (Å²) in [6.45, 7) is 0. The summed E-state index contributed by atoms with van der Waals surface area (Å²) in [7, 11) is 0. The maximum absolute atomic E-state index is 12.3. The van der Waals surface area contributed by atoms with Gasteiger partial charge in [-0.3, -0.25) is 9.59 Å². The Labute approximate surface area is 183 Å². The number of carbonyl (C=O) groups excluding carboxylic acids is 2. The minimum atomic E-state index is -0.00854. The van der Waals surface area contributed by atoms with Crippen molar-refractivity contribution in [2.24, 2.45) is 0 Å². The van der Waals surface area contributed by atoms with Crippen molar-refractivity contribution in [2.75, 3.05) is 11.1 Å². The van der Waals surface area contributed by atoms with Crippen LogP contribution in [0, 0.1) is 0 Å². The van der Waals surface area contributed by atoms with E-state index in [9.17, 15) is 9.59 Å². The molecule has 1 aromatic heterocycles. The van der Waals surface area contributed by atoms with E-state index < -0.39 is 0 Å². The van der Waals surface area contributed by atoms with Gasteiger partial charge >= 0.3 is 0 Å². The molecule has 4 nitrogen and oxygen atoms in total. The fourth-order valence-corrected chi connectivity index (χ4v) is 5.01. The predicted octanol–water partition coefficient (Wildman–Crippen LogP) is 5.84. The molecule has 4 aromatic rings. The number of fused-ring (bicyclic) bond motifs is 1. The Morgan fingerprint density at radius 1 is 0.933 bits per heavy atom. The molecule has 0 aliphatic heterocycles. The lowest BCUT2D eigenvalue weighted by molar-refractivity contribution is -0.116. The number of Topliss-reactive ketones (excluding diaryl/α,β-unsaturated/α-hetero) is 1. The molecular weight excluding hydrogens is 412 g/mol. The standard InChI is InChI=1S/C24H20N2O2S2/c27-21(18-9-5-2-6-10-18)16-29-24-26-20-13-12-19(15-22(20)30-24)25-23(28)14-11-17-7-3-1-4-8-17/h1-10,12-13,15H,11,14,16H2,(H,25,28). The molecule has 30 heavy (non-hydrogen) atoms. The number of carbonyl (C=O) groups is 2. The van der Waals surface area contributed by atoms with Gasteiger partial charge < -0.3 is 5.32 Å². The number of benzene rings is 3. The number of thioether (sulfide) groups is 1. The lowest BCUT2D eigenvalue weighted by Crippen LogP contribution is -2.12. The second-order valence-corrected chi connectivity index (χ2v) is 9.03. The second kappa shape index (κ2) is 9.69. The highest BCUT2D eigenvalue weighted by Crippen LogP contribution is 2.31. The third-order valence-electron chi connectivity index (χ3n) is 4.56. The van der Waals surface area contributed by atoms with Gasteiger partial charge in [-0.1, -0.05) is 72.4 Å². The van der Waals surface area contributed by atoms with Crippen LogP contribution in [-0.2, 0) is 11.2 Å². The Balaban J connectivity index is 1.35. The molecule has 0 unspecified atom stereocenters. The van der Waals surface area contributed by atoms with E-state index >= 15 is 0 Å². The molecule has 0 aliphatic rings. The summed E-state index contributed by atoms with van der Waals surface area (Å²) in [6, 6.07) is 25.0. The molecular formula is C24H20N2O2S2. The first kappa shape index (κ1) is 20.3. The van der Waals surface area contributed by atoms with Gasteiger partial charge in [0.05, 0.1) is 16.0 Å². The topological polar surface area (TPSA) is 59.1 Å². The van der Waals surface area contributed by atoms with Crippen LogP contribution in [0.2, 0.25) is 0 Å². The number of hydrogen-bond donors (Lipinski definition) is 1. The van der Waals surface area contributed by atoms with Crippen molar-refractivity contribution in [2.45, 2.75) is 17.2 Å². The third-order valence-corrected chi connectivity index (χ3v) is 6.72. The lowest BCUT2D eigenvalue weighted by atomic mass is 10.1. The number of aromatic nitrogens is 1. The molecule has 0 saturated heterocycles. The number of nitrogens with zero attached hydrogens (tertiary/aromatic N) is 1. The maximum atomic E-state index is 12.3. The Bertz CT molecular complexity index is 1160. The zero-order chi connectivity index (χ0) is 20.8. The molecule has 0 saturated carbocycles. The maximum Gasteiger partial charge on any atom is 0.224 e. The quantitative estimate of drug-likeness (QED) is 0.281. The summed E-state index contributed by atoms with van der Waals surface area (Å²) >= 11 is 2.98. The van der Waals surface area contributed by atoms with Crippen LogP contribution in [0.5, 0.6) is 0 Å². The van der Waals surface area contributed by atoms with Crippen molar-refractivity contribution in [3.8, 4) is 0 Å². The van der Waals surface area contributed by atoms with Gasteiger partial charge in [-0.15, -0.1) is 11.3 Å². The highest BCUT2D eigenvalue weighted by molar-refractivity contribution is 8.01. The Kier molecular flexibility index (Phi) is 6.57. The number of anilines is 1. The van der Waals surface area contributed by atoms with Crippen LogP contribution in [0.15, 0.2) is 83.2 Å². The van der Waals surface area contributed by atoms with Gasteiger partial charge in [0.1, 0.15) is 0 Å². The monoisotopic (exact) mass is 432 g/mol. The van der Waals surface area contributed by atoms with Crippen molar-refractivity contribution in [3.63, 3.8) is 0 Å². The van der Waals surface area contributed by atoms with Crippen molar-refractivity contribution >= 4 is 50.7 Å². The van der Waals surface area contributed by atoms with Crippen LogP contribution in [0.25, 0.3) is 10.2 Å². The summed E-state index contributed by atoms with van der Waals surface area (Å²) in [6.07, 6.45) is 1.15. The van der Waals surface area contributed by atoms with E-state index in [1.165, 1.54) is 23.1 Å². The van der Waals surface area contributed by atoms with E-state index in [4.69, 9.17) is 0 Å². The molecule has 0 spiro atoms. The summed E-state index contributed by atoms with van der Waals surface area (Å²) in [4.78, 5) is 29.1. The van der Waals surface area contributed by atoms with E-state index in [-0.39, 0.29) is 11.7 Å². The van der Waals surface area contributed by atoms with Crippen LogP contribution < -0.4 is 5.32 Å². The first-order valence-electron chi connectivity index (χ1n) is 9.63. The Morgan fingerprint density at radius 2 is 1.67 bits per heavy atom. The number of amides is 1. The van der Waals surface area contributed by atoms with Crippen molar-refractivity contribution in [3.05, 3.63) is 90.0 Å². The molecule has 1 heterocycles. The van der Waals surface area contributed by atoms with Gasteiger partial charge in [0.25, 0.3) is 0 Å². The normalized spacial score (nSPS) is 10.8. The summed E-state index contributed by atoms with van der Waals surface area (Å²) in [5, 5.41) is 2.96.